The van der Waals surface area contributed by atoms with Gasteiger partial charge >= 0.3 is 0 Å². The van der Waals surface area contributed by atoms with Crippen molar-refractivity contribution in [2.24, 2.45) is 12.8 Å². The van der Waals surface area contributed by atoms with Crippen molar-refractivity contribution >= 4 is 0 Å². The van der Waals surface area contributed by atoms with Crippen LogP contribution < -0.4 is 5.73 Å². The molecule has 0 amide bonds. The Labute approximate surface area is 60.9 Å². The van der Waals surface area contributed by atoms with E-state index in [9.17, 15) is 0 Å². The SMILES string of the molecule is Cc1ncc(CCN)n1C. The zero-order chi connectivity index (χ0) is 7.56. The molecule has 0 aliphatic rings. The van der Waals surface area contributed by atoms with E-state index in [-0.39, 0.29) is 0 Å². The van der Waals surface area contributed by atoms with E-state index < -0.39 is 0 Å². The molecule has 0 atom stereocenters. The van der Waals surface area contributed by atoms with Crippen molar-refractivity contribution in [3.63, 3.8) is 0 Å². The van der Waals surface area contributed by atoms with Gasteiger partial charge in [-0.05, 0) is 13.5 Å². The third kappa shape index (κ3) is 1.19. The number of rotatable bonds is 2. The molecule has 0 bridgehead atoms. The van der Waals surface area contributed by atoms with Gasteiger partial charge in [0.1, 0.15) is 5.82 Å². The molecule has 10 heavy (non-hydrogen) atoms. The Hall–Kier alpha value is -0.830. The van der Waals surface area contributed by atoms with Crippen LogP contribution in [0.3, 0.4) is 0 Å². The van der Waals surface area contributed by atoms with Crippen molar-refractivity contribution in [3.8, 4) is 0 Å². The molecule has 0 aromatic carbocycles. The number of hydrogen-bond donors (Lipinski definition) is 1. The summed E-state index contributed by atoms with van der Waals surface area (Å²) in [6.07, 6.45) is 2.79. The molecule has 0 aliphatic heterocycles. The lowest BCUT2D eigenvalue weighted by Crippen LogP contribution is -2.06. The van der Waals surface area contributed by atoms with Gasteiger partial charge in [0.15, 0.2) is 0 Å². The first-order valence-corrected chi connectivity index (χ1v) is 3.43. The minimum Gasteiger partial charge on any atom is -0.335 e. The topological polar surface area (TPSA) is 43.8 Å². The fourth-order valence-corrected chi connectivity index (χ4v) is 0.929. The Morgan fingerprint density at radius 2 is 2.40 bits per heavy atom. The maximum absolute atomic E-state index is 5.40. The Kier molecular flexibility index (Phi) is 2.06. The second-order valence-electron chi connectivity index (χ2n) is 2.39. The second kappa shape index (κ2) is 2.84. The standard InChI is InChI=1S/C7H13N3/c1-6-9-5-7(3-4-8)10(6)2/h5H,3-4,8H2,1-2H3. The molecular weight excluding hydrogens is 126 g/mol. The predicted molar refractivity (Wildman–Crippen MR) is 40.7 cm³/mol. The maximum atomic E-state index is 5.40. The molecule has 3 heteroatoms. The largest absolute Gasteiger partial charge is 0.335 e. The molecule has 0 spiro atoms. The smallest absolute Gasteiger partial charge is 0.105 e. The summed E-state index contributed by atoms with van der Waals surface area (Å²) in [4.78, 5) is 4.14. The number of aromatic nitrogens is 2. The van der Waals surface area contributed by atoms with Crippen LogP contribution in [0, 0.1) is 6.92 Å². The first-order chi connectivity index (χ1) is 4.75. The molecule has 0 radical (unpaired) electrons. The highest BCUT2D eigenvalue weighted by Crippen LogP contribution is 2.00. The summed E-state index contributed by atoms with van der Waals surface area (Å²) in [5, 5.41) is 0. The van der Waals surface area contributed by atoms with E-state index in [1.807, 2.05) is 20.2 Å². The fourth-order valence-electron chi connectivity index (χ4n) is 0.929. The molecule has 1 aromatic heterocycles. The number of nitrogens with two attached hydrogens (primary N) is 1. The molecule has 2 N–H and O–H groups in total. The Morgan fingerprint density at radius 3 is 2.80 bits per heavy atom. The maximum Gasteiger partial charge on any atom is 0.105 e. The molecule has 0 fully saturated rings. The highest BCUT2D eigenvalue weighted by molar-refractivity contribution is 5.03. The molecule has 0 saturated heterocycles. The molecular formula is C7H13N3. The van der Waals surface area contributed by atoms with Crippen molar-refractivity contribution < 1.29 is 0 Å². The first-order valence-electron chi connectivity index (χ1n) is 3.43. The molecule has 1 heterocycles. The van der Waals surface area contributed by atoms with Gasteiger partial charge in [0.2, 0.25) is 0 Å². The molecule has 0 unspecified atom stereocenters. The van der Waals surface area contributed by atoms with E-state index in [0.717, 1.165) is 12.2 Å². The van der Waals surface area contributed by atoms with Crippen molar-refractivity contribution in [2.75, 3.05) is 6.54 Å². The van der Waals surface area contributed by atoms with Crippen molar-refractivity contribution in [1.82, 2.24) is 9.55 Å². The Bertz CT molecular complexity index is 215. The monoisotopic (exact) mass is 139 g/mol. The second-order valence-corrected chi connectivity index (χ2v) is 2.39. The van der Waals surface area contributed by atoms with Gasteiger partial charge in [0.05, 0.1) is 0 Å². The average molecular weight is 139 g/mol. The number of nitrogens with zero attached hydrogens (tertiary/aromatic N) is 2. The lowest BCUT2D eigenvalue weighted by Gasteiger charge is -1.99. The summed E-state index contributed by atoms with van der Waals surface area (Å²) >= 11 is 0. The van der Waals surface area contributed by atoms with E-state index in [1.54, 1.807) is 0 Å². The third-order valence-corrected chi connectivity index (χ3v) is 1.72. The quantitative estimate of drug-likeness (QED) is 0.637. The van der Waals surface area contributed by atoms with Crippen molar-refractivity contribution in [1.29, 1.82) is 0 Å². The van der Waals surface area contributed by atoms with Gasteiger partial charge < -0.3 is 10.3 Å². The van der Waals surface area contributed by atoms with Crippen LogP contribution in [-0.4, -0.2) is 16.1 Å². The van der Waals surface area contributed by atoms with Gasteiger partial charge in [-0.2, -0.15) is 0 Å². The molecule has 0 saturated carbocycles. The predicted octanol–water partition coefficient (Wildman–Crippen LogP) is 0.230. The number of hydrogen-bond acceptors (Lipinski definition) is 2. The summed E-state index contributed by atoms with van der Waals surface area (Å²) < 4.78 is 2.06. The van der Waals surface area contributed by atoms with Crippen LogP contribution in [0.1, 0.15) is 11.5 Å². The minimum absolute atomic E-state index is 0.693. The fraction of sp³-hybridized carbons (Fsp3) is 0.571. The van der Waals surface area contributed by atoms with Crippen molar-refractivity contribution in [2.45, 2.75) is 13.3 Å². The van der Waals surface area contributed by atoms with E-state index in [4.69, 9.17) is 5.73 Å². The zero-order valence-electron chi connectivity index (χ0n) is 6.46. The summed E-state index contributed by atoms with van der Waals surface area (Å²) in [6.45, 7) is 2.68. The highest BCUT2D eigenvalue weighted by Gasteiger charge is 1.99. The van der Waals surface area contributed by atoms with E-state index in [2.05, 4.69) is 9.55 Å². The summed E-state index contributed by atoms with van der Waals surface area (Å²) in [5.41, 5.74) is 6.61. The molecule has 56 valence electrons. The van der Waals surface area contributed by atoms with Gasteiger partial charge in [-0.15, -0.1) is 0 Å². The summed E-state index contributed by atoms with van der Waals surface area (Å²) in [5.74, 6) is 1.04. The molecule has 0 aliphatic carbocycles. The Morgan fingerprint density at radius 1 is 1.70 bits per heavy atom. The number of imidazole rings is 1. The molecule has 1 rings (SSSR count). The van der Waals surface area contributed by atoms with Gasteiger partial charge in [-0.25, -0.2) is 4.98 Å². The summed E-state index contributed by atoms with van der Waals surface area (Å²) in [6, 6.07) is 0. The third-order valence-electron chi connectivity index (χ3n) is 1.72. The molecule has 1 aromatic rings. The first kappa shape index (κ1) is 7.28. The van der Waals surface area contributed by atoms with Crippen LogP contribution in [-0.2, 0) is 13.5 Å². The normalized spacial score (nSPS) is 10.3. The van der Waals surface area contributed by atoms with E-state index >= 15 is 0 Å². The van der Waals surface area contributed by atoms with Crippen molar-refractivity contribution in [3.05, 3.63) is 17.7 Å². The van der Waals surface area contributed by atoms with Gasteiger partial charge in [-0.3, -0.25) is 0 Å². The zero-order valence-corrected chi connectivity index (χ0v) is 6.46. The van der Waals surface area contributed by atoms with Crippen LogP contribution in [0.15, 0.2) is 6.20 Å². The van der Waals surface area contributed by atoms with Gasteiger partial charge in [0, 0.05) is 25.4 Å². The average Bonchev–Trinajstić information content (AvgIpc) is 2.20. The number of aryl methyl sites for hydroxylation is 1. The van der Waals surface area contributed by atoms with Crippen LogP contribution >= 0.6 is 0 Å². The Balaban J connectivity index is 2.83. The van der Waals surface area contributed by atoms with E-state index in [0.29, 0.717) is 6.54 Å². The van der Waals surface area contributed by atoms with Crippen LogP contribution in [0.2, 0.25) is 0 Å². The lowest BCUT2D eigenvalue weighted by atomic mass is 10.3. The van der Waals surface area contributed by atoms with Crippen LogP contribution in [0.25, 0.3) is 0 Å². The highest BCUT2D eigenvalue weighted by atomic mass is 15.0. The van der Waals surface area contributed by atoms with Gasteiger partial charge in [0.25, 0.3) is 0 Å². The van der Waals surface area contributed by atoms with Crippen LogP contribution in [0.5, 0.6) is 0 Å². The lowest BCUT2D eigenvalue weighted by molar-refractivity contribution is 0.777. The minimum atomic E-state index is 0.693. The van der Waals surface area contributed by atoms with E-state index in [1.165, 1.54) is 5.69 Å². The summed E-state index contributed by atoms with van der Waals surface area (Å²) in [7, 11) is 2.01. The molecule has 3 nitrogen and oxygen atoms in total. The van der Waals surface area contributed by atoms with Gasteiger partial charge in [-0.1, -0.05) is 0 Å². The van der Waals surface area contributed by atoms with Crippen LogP contribution in [0.4, 0.5) is 0 Å².